The number of carbonyl (C=O) groups excluding carboxylic acids is 1. The Hall–Kier alpha value is -1.89. The first-order valence-electron chi connectivity index (χ1n) is 5.21. The van der Waals surface area contributed by atoms with Gasteiger partial charge in [-0.1, -0.05) is 0 Å². The highest BCUT2D eigenvalue weighted by Gasteiger charge is 2.06. The van der Waals surface area contributed by atoms with Crippen LogP contribution in [0.3, 0.4) is 0 Å². The molecule has 4 nitrogen and oxygen atoms in total. The zero-order valence-corrected chi connectivity index (χ0v) is 9.06. The molecule has 0 fully saturated rings. The van der Waals surface area contributed by atoms with Crippen molar-refractivity contribution in [3.05, 3.63) is 24.3 Å². The van der Waals surface area contributed by atoms with E-state index in [2.05, 4.69) is 15.9 Å². The molecule has 0 aromatic carbocycles. The van der Waals surface area contributed by atoms with Gasteiger partial charge in [-0.25, -0.2) is 14.8 Å². The second kappa shape index (κ2) is 7.41. The van der Waals surface area contributed by atoms with E-state index in [4.69, 9.17) is 11.2 Å². The number of nitrogens with zero attached hydrogens (tertiary/aromatic N) is 2. The normalized spacial score (nSPS) is 9.44. The number of unbranched alkanes of at least 4 members (excludes halogenated alkanes) is 3. The Kier molecular flexibility index (Phi) is 5.64. The molecule has 0 radical (unpaired) electrons. The zero-order valence-electron chi connectivity index (χ0n) is 9.06. The van der Waals surface area contributed by atoms with Crippen molar-refractivity contribution >= 4 is 5.97 Å². The summed E-state index contributed by atoms with van der Waals surface area (Å²) in [6.07, 6.45) is 11.5. The van der Waals surface area contributed by atoms with Gasteiger partial charge in [-0.3, -0.25) is 0 Å². The standard InChI is InChI=1S/C12H14N2O2/c1-2-3-4-5-6-9-16-12(15)11-7-8-13-10-14-11/h1,7-8,10H,3-6,9H2. The Morgan fingerprint density at radius 2 is 2.31 bits per heavy atom. The molecule has 0 unspecified atom stereocenters. The summed E-state index contributed by atoms with van der Waals surface area (Å²) in [6, 6.07) is 1.53. The van der Waals surface area contributed by atoms with Gasteiger partial charge in [-0.05, 0) is 25.3 Å². The summed E-state index contributed by atoms with van der Waals surface area (Å²) in [5, 5.41) is 0. The van der Waals surface area contributed by atoms with Gasteiger partial charge in [0.1, 0.15) is 6.33 Å². The van der Waals surface area contributed by atoms with Crippen LogP contribution in [0.15, 0.2) is 18.6 Å². The molecule has 4 heteroatoms. The van der Waals surface area contributed by atoms with Crippen molar-refractivity contribution in [3.8, 4) is 12.3 Å². The molecule has 1 heterocycles. The highest BCUT2D eigenvalue weighted by molar-refractivity contribution is 5.86. The Bertz CT molecular complexity index is 357. The number of hydrogen-bond donors (Lipinski definition) is 0. The highest BCUT2D eigenvalue weighted by Crippen LogP contribution is 2.01. The van der Waals surface area contributed by atoms with Gasteiger partial charge in [0.05, 0.1) is 6.61 Å². The average molecular weight is 218 g/mol. The molecule has 1 aromatic rings. The predicted molar refractivity (Wildman–Crippen MR) is 59.6 cm³/mol. The van der Waals surface area contributed by atoms with E-state index in [-0.39, 0.29) is 0 Å². The van der Waals surface area contributed by atoms with Crippen LogP contribution < -0.4 is 0 Å². The molecule has 0 amide bonds. The van der Waals surface area contributed by atoms with E-state index in [1.54, 1.807) is 0 Å². The van der Waals surface area contributed by atoms with E-state index in [1.165, 1.54) is 18.6 Å². The van der Waals surface area contributed by atoms with Crippen LogP contribution in [-0.4, -0.2) is 22.5 Å². The molecule has 0 spiro atoms. The molecule has 1 rings (SSSR count). The number of aromatic nitrogens is 2. The van der Waals surface area contributed by atoms with Crippen LogP contribution in [0.4, 0.5) is 0 Å². The quantitative estimate of drug-likeness (QED) is 0.415. The largest absolute Gasteiger partial charge is 0.461 e. The van der Waals surface area contributed by atoms with Crippen molar-refractivity contribution in [2.45, 2.75) is 25.7 Å². The topological polar surface area (TPSA) is 52.1 Å². The Morgan fingerprint density at radius 3 is 3.00 bits per heavy atom. The van der Waals surface area contributed by atoms with Crippen LogP contribution in [0.25, 0.3) is 0 Å². The van der Waals surface area contributed by atoms with Gasteiger partial charge < -0.3 is 4.74 Å². The maximum absolute atomic E-state index is 11.4. The predicted octanol–water partition coefficient (Wildman–Crippen LogP) is 1.83. The van der Waals surface area contributed by atoms with Gasteiger partial charge in [0.25, 0.3) is 0 Å². The van der Waals surface area contributed by atoms with Gasteiger partial charge >= 0.3 is 5.97 Å². The summed E-state index contributed by atoms with van der Waals surface area (Å²) in [6.45, 7) is 0.410. The number of terminal acetylenes is 1. The number of ether oxygens (including phenoxy) is 1. The van der Waals surface area contributed by atoms with Gasteiger partial charge in [0, 0.05) is 12.6 Å². The second-order valence-electron chi connectivity index (χ2n) is 3.25. The molecule has 0 bridgehead atoms. The third-order valence-corrected chi connectivity index (χ3v) is 1.99. The molecule has 0 N–H and O–H groups in total. The molecule has 0 saturated heterocycles. The van der Waals surface area contributed by atoms with E-state index >= 15 is 0 Å². The van der Waals surface area contributed by atoms with Crippen LogP contribution in [0.5, 0.6) is 0 Å². The minimum Gasteiger partial charge on any atom is -0.461 e. The molecule has 84 valence electrons. The van der Waals surface area contributed by atoms with E-state index in [0.717, 1.165) is 25.7 Å². The van der Waals surface area contributed by atoms with Crippen molar-refractivity contribution in [2.75, 3.05) is 6.61 Å². The lowest BCUT2D eigenvalue weighted by atomic mass is 10.2. The van der Waals surface area contributed by atoms with E-state index in [9.17, 15) is 4.79 Å². The number of carbonyl (C=O) groups is 1. The third kappa shape index (κ3) is 4.56. The summed E-state index contributed by atoms with van der Waals surface area (Å²) in [4.78, 5) is 18.9. The van der Waals surface area contributed by atoms with Gasteiger partial charge in [-0.15, -0.1) is 12.3 Å². The van der Waals surface area contributed by atoms with E-state index < -0.39 is 5.97 Å². The molecule has 1 aromatic heterocycles. The molecule has 0 atom stereocenters. The van der Waals surface area contributed by atoms with Gasteiger partial charge in [0.2, 0.25) is 0 Å². The maximum Gasteiger partial charge on any atom is 0.357 e. The van der Waals surface area contributed by atoms with Crippen LogP contribution in [0.2, 0.25) is 0 Å². The van der Waals surface area contributed by atoms with Crippen molar-refractivity contribution in [2.24, 2.45) is 0 Å². The van der Waals surface area contributed by atoms with Crippen LogP contribution in [0, 0.1) is 12.3 Å². The van der Waals surface area contributed by atoms with Crippen LogP contribution in [0.1, 0.15) is 36.2 Å². The SMILES string of the molecule is C#CCCCCCOC(=O)c1ccncn1. The summed E-state index contributed by atoms with van der Waals surface area (Å²) in [5.41, 5.74) is 0.290. The Balaban J connectivity index is 2.15. The first-order chi connectivity index (χ1) is 7.84. The maximum atomic E-state index is 11.4. The monoisotopic (exact) mass is 218 g/mol. The van der Waals surface area contributed by atoms with Gasteiger partial charge in [-0.2, -0.15) is 0 Å². The molecule has 0 aliphatic heterocycles. The van der Waals surface area contributed by atoms with E-state index in [0.29, 0.717) is 12.3 Å². The zero-order chi connectivity index (χ0) is 11.6. The van der Waals surface area contributed by atoms with Crippen molar-refractivity contribution in [1.82, 2.24) is 9.97 Å². The molecule has 0 aliphatic carbocycles. The minimum absolute atomic E-state index is 0.290. The molecular weight excluding hydrogens is 204 g/mol. The number of rotatable bonds is 6. The van der Waals surface area contributed by atoms with Crippen LogP contribution >= 0.6 is 0 Å². The smallest absolute Gasteiger partial charge is 0.357 e. The lowest BCUT2D eigenvalue weighted by Gasteiger charge is -2.02. The second-order valence-corrected chi connectivity index (χ2v) is 3.25. The summed E-state index contributed by atoms with van der Waals surface area (Å²) >= 11 is 0. The molecular formula is C12H14N2O2. The molecule has 0 saturated carbocycles. The highest BCUT2D eigenvalue weighted by atomic mass is 16.5. The Morgan fingerprint density at radius 1 is 1.44 bits per heavy atom. The summed E-state index contributed by atoms with van der Waals surface area (Å²) in [5.74, 6) is 2.17. The molecule has 0 aliphatic rings. The first-order valence-corrected chi connectivity index (χ1v) is 5.21. The minimum atomic E-state index is -0.403. The van der Waals surface area contributed by atoms with Crippen molar-refractivity contribution in [1.29, 1.82) is 0 Å². The number of hydrogen-bond acceptors (Lipinski definition) is 4. The fourth-order valence-corrected chi connectivity index (χ4v) is 1.16. The van der Waals surface area contributed by atoms with Crippen molar-refractivity contribution in [3.63, 3.8) is 0 Å². The summed E-state index contributed by atoms with van der Waals surface area (Å²) in [7, 11) is 0. The van der Waals surface area contributed by atoms with Crippen LogP contribution in [-0.2, 0) is 4.74 Å². The fraction of sp³-hybridized carbons (Fsp3) is 0.417. The van der Waals surface area contributed by atoms with Gasteiger partial charge in [0.15, 0.2) is 5.69 Å². The Labute approximate surface area is 95.1 Å². The summed E-state index contributed by atoms with van der Waals surface area (Å²) < 4.78 is 5.03. The fourth-order valence-electron chi connectivity index (χ4n) is 1.16. The first kappa shape index (κ1) is 12.2. The molecule has 16 heavy (non-hydrogen) atoms. The average Bonchev–Trinajstić information content (AvgIpc) is 2.34. The third-order valence-electron chi connectivity index (χ3n) is 1.99. The lowest BCUT2D eigenvalue weighted by Crippen LogP contribution is -2.08. The van der Waals surface area contributed by atoms with E-state index in [1.807, 2.05) is 0 Å². The number of esters is 1. The van der Waals surface area contributed by atoms with Crippen molar-refractivity contribution < 1.29 is 9.53 Å². The lowest BCUT2D eigenvalue weighted by molar-refractivity contribution is 0.0491.